The van der Waals surface area contributed by atoms with Crippen molar-refractivity contribution in [2.24, 2.45) is 0 Å². The van der Waals surface area contributed by atoms with Gasteiger partial charge in [0, 0.05) is 4.57 Å². The van der Waals surface area contributed by atoms with E-state index in [2.05, 4.69) is 9.05 Å². The van der Waals surface area contributed by atoms with Gasteiger partial charge >= 0.3 is 8.25 Å². The normalized spacial score (nSPS) is 55.8. The molecule has 0 aromatic rings. The van der Waals surface area contributed by atoms with E-state index >= 15 is 0 Å². The minimum atomic E-state index is -3.93. The topological polar surface area (TPSA) is 278 Å². The Morgan fingerprint density at radius 1 is 0.500 bits per heavy atom. The van der Waals surface area contributed by atoms with Gasteiger partial charge in [0.05, 0.1) is 0 Å². The molecular formula is C12H22O15P+. The second kappa shape index (κ2) is 7.99. The van der Waals surface area contributed by atoms with Crippen molar-refractivity contribution in [3.63, 3.8) is 0 Å². The number of rotatable bonds is 4. The Morgan fingerprint density at radius 3 is 0.929 bits per heavy atom. The molecule has 0 saturated heterocycles. The summed E-state index contributed by atoms with van der Waals surface area (Å²) in [5.74, 6) is -6.85. The Balaban J connectivity index is 2.22. The largest absolute Gasteiger partial charge is 0.703 e. The van der Waals surface area contributed by atoms with E-state index in [4.69, 9.17) is 0 Å². The average molecular weight is 437 g/mol. The molecule has 4 unspecified atom stereocenters. The van der Waals surface area contributed by atoms with E-state index in [1.807, 2.05) is 0 Å². The fourth-order valence-electron chi connectivity index (χ4n) is 2.95. The number of aliphatic hydroxyl groups excluding tert-OH is 10. The van der Waals surface area contributed by atoms with Gasteiger partial charge in [-0.2, -0.15) is 0 Å². The van der Waals surface area contributed by atoms with E-state index in [1.54, 1.807) is 0 Å². The maximum atomic E-state index is 12.0. The van der Waals surface area contributed by atoms with Crippen LogP contribution in [0.25, 0.3) is 0 Å². The van der Waals surface area contributed by atoms with E-state index < -0.39 is 80.9 Å². The third-order valence-electron chi connectivity index (χ3n) is 4.83. The van der Waals surface area contributed by atoms with Crippen LogP contribution in [-0.2, 0) is 13.6 Å². The van der Waals surface area contributed by atoms with Crippen LogP contribution in [-0.4, -0.2) is 134 Å². The Bertz CT molecular complexity index is 509. The first kappa shape index (κ1) is 23.8. The monoisotopic (exact) mass is 437 g/mol. The Labute approximate surface area is 156 Å². The van der Waals surface area contributed by atoms with E-state index in [0.29, 0.717) is 0 Å². The van der Waals surface area contributed by atoms with E-state index in [1.165, 1.54) is 0 Å². The predicted octanol–water partition coefficient (Wildman–Crippen LogP) is -7.31. The summed E-state index contributed by atoms with van der Waals surface area (Å²) >= 11 is 0. The highest BCUT2D eigenvalue weighted by Gasteiger charge is 2.67. The fraction of sp³-hybridized carbons (Fsp3) is 1.00. The summed E-state index contributed by atoms with van der Waals surface area (Å²) in [5, 5.41) is 117. The van der Waals surface area contributed by atoms with Crippen LogP contribution in [0.5, 0.6) is 0 Å². The molecule has 0 aliphatic heterocycles. The minimum Gasteiger partial charge on any atom is -0.387 e. The third-order valence-corrected chi connectivity index (χ3v) is 5.71. The van der Waals surface area contributed by atoms with Gasteiger partial charge in [-0.1, -0.05) is 9.05 Å². The molecule has 0 aromatic carbocycles. The van der Waals surface area contributed by atoms with Crippen molar-refractivity contribution in [2.45, 2.75) is 72.6 Å². The van der Waals surface area contributed by atoms with Gasteiger partial charge in [0.1, 0.15) is 61.0 Å². The highest BCUT2D eigenvalue weighted by Crippen LogP contribution is 2.44. The summed E-state index contributed by atoms with van der Waals surface area (Å²) < 4.78 is 20.8. The van der Waals surface area contributed by atoms with Gasteiger partial charge in [-0.15, -0.1) is 0 Å². The Morgan fingerprint density at radius 2 is 0.714 bits per heavy atom. The van der Waals surface area contributed by atoms with Crippen LogP contribution < -0.4 is 0 Å². The van der Waals surface area contributed by atoms with Crippen molar-refractivity contribution in [3.05, 3.63) is 0 Å². The van der Waals surface area contributed by atoms with Gasteiger partial charge in [-0.25, -0.2) is 0 Å². The first-order valence-corrected chi connectivity index (χ1v) is 8.90. The van der Waals surface area contributed by atoms with Crippen molar-refractivity contribution in [1.29, 1.82) is 0 Å². The molecule has 0 radical (unpaired) electrons. The Hall–Kier alpha value is -0.460. The zero-order valence-electron chi connectivity index (χ0n) is 13.8. The molecule has 2 aliphatic rings. The van der Waals surface area contributed by atoms with Gasteiger partial charge in [0.15, 0.2) is 0 Å². The molecule has 15 nitrogen and oxygen atoms in total. The van der Waals surface area contributed by atoms with Crippen molar-refractivity contribution in [2.75, 3.05) is 0 Å². The van der Waals surface area contributed by atoms with Gasteiger partial charge < -0.3 is 61.3 Å². The van der Waals surface area contributed by atoms with Gasteiger partial charge in [0.25, 0.3) is 11.6 Å². The summed E-state index contributed by atoms with van der Waals surface area (Å²) in [6.07, 6.45) is -23.7. The smallest absolute Gasteiger partial charge is 0.387 e. The van der Waals surface area contributed by atoms with E-state index in [-0.39, 0.29) is 0 Å². The van der Waals surface area contributed by atoms with Gasteiger partial charge in [-0.05, 0) is 0 Å². The summed E-state index contributed by atoms with van der Waals surface area (Å²) in [6, 6.07) is 0. The molecule has 0 bridgehead atoms. The standard InChI is InChI=1S/C12H22O15P/c13-1-3(15)7(19)11(23,8(20)4(1)16)26-28(25)27-12(24)9(21)5(17)2(14)6(18)10(12)22/h1-10,13-24H/q+1/t1?,2?,3-,4+,5-,6+,7-,8-,9-,10-,11?,12?/m1/s1. The van der Waals surface area contributed by atoms with Crippen molar-refractivity contribution >= 4 is 8.25 Å². The van der Waals surface area contributed by atoms with Crippen LogP contribution in [0.1, 0.15) is 0 Å². The molecule has 0 spiro atoms. The summed E-state index contributed by atoms with van der Waals surface area (Å²) in [4.78, 5) is 0. The molecule has 0 heterocycles. The lowest BCUT2D eigenvalue weighted by Crippen LogP contribution is -2.72. The van der Waals surface area contributed by atoms with Crippen LogP contribution in [0.3, 0.4) is 0 Å². The van der Waals surface area contributed by atoms with Crippen LogP contribution in [0.15, 0.2) is 0 Å². The Kier molecular flexibility index (Phi) is 6.80. The molecule has 12 N–H and O–H groups in total. The van der Waals surface area contributed by atoms with Crippen LogP contribution >= 0.6 is 8.25 Å². The van der Waals surface area contributed by atoms with Crippen molar-refractivity contribution in [1.82, 2.24) is 0 Å². The number of aliphatic hydroxyl groups is 12. The first-order chi connectivity index (χ1) is 12.7. The summed E-state index contributed by atoms with van der Waals surface area (Å²) in [5.41, 5.74) is 0. The second-order valence-electron chi connectivity index (χ2n) is 6.63. The number of hydrogen-bond acceptors (Lipinski definition) is 15. The van der Waals surface area contributed by atoms with Crippen LogP contribution in [0.4, 0.5) is 0 Å². The molecular weight excluding hydrogens is 415 g/mol. The van der Waals surface area contributed by atoms with Crippen molar-refractivity contribution in [3.8, 4) is 0 Å². The lowest BCUT2D eigenvalue weighted by Gasteiger charge is -2.45. The lowest BCUT2D eigenvalue weighted by molar-refractivity contribution is -0.349. The van der Waals surface area contributed by atoms with E-state index in [9.17, 15) is 65.8 Å². The zero-order valence-corrected chi connectivity index (χ0v) is 14.7. The molecule has 2 saturated carbocycles. The number of hydrogen-bond donors (Lipinski definition) is 12. The molecule has 16 heteroatoms. The maximum absolute atomic E-state index is 12.0. The van der Waals surface area contributed by atoms with Gasteiger partial charge in [-0.3, -0.25) is 0 Å². The minimum absolute atomic E-state index is 2.13. The molecule has 2 rings (SSSR count). The third kappa shape index (κ3) is 3.58. The summed E-state index contributed by atoms with van der Waals surface area (Å²) in [7, 11) is -3.93. The predicted molar refractivity (Wildman–Crippen MR) is 79.7 cm³/mol. The molecule has 2 fully saturated rings. The van der Waals surface area contributed by atoms with Gasteiger partial charge in [0.2, 0.25) is 0 Å². The molecule has 0 amide bonds. The molecule has 0 aromatic heterocycles. The highest BCUT2D eigenvalue weighted by molar-refractivity contribution is 7.33. The van der Waals surface area contributed by atoms with Crippen molar-refractivity contribution < 1.29 is 74.9 Å². The second-order valence-corrected chi connectivity index (χ2v) is 7.45. The fourth-order valence-corrected chi connectivity index (χ4v) is 3.90. The summed E-state index contributed by atoms with van der Waals surface area (Å²) in [6.45, 7) is 0. The molecule has 2 aliphatic carbocycles. The first-order valence-electron chi connectivity index (χ1n) is 7.81. The molecule has 164 valence electrons. The molecule has 12 atom stereocenters. The quantitative estimate of drug-likeness (QED) is 0.144. The average Bonchev–Trinajstić information content (AvgIpc) is 2.65. The highest BCUT2D eigenvalue weighted by atomic mass is 31.1. The van der Waals surface area contributed by atoms with Crippen LogP contribution in [0.2, 0.25) is 0 Å². The lowest BCUT2D eigenvalue weighted by atomic mass is 9.82. The maximum Gasteiger partial charge on any atom is 0.703 e. The van der Waals surface area contributed by atoms with E-state index in [0.717, 1.165) is 0 Å². The molecule has 28 heavy (non-hydrogen) atoms. The van der Waals surface area contributed by atoms with Crippen LogP contribution in [0, 0.1) is 0 Å². The SMILES string of the molecule is O=[P+](OC1(O)[C@H](O)[C@H](O)C(O)[C@H](O)[C@H]1O)OC1(O)[C@H](O)[C@H](O)C(O)[C@H](O)[C@H]1O. The zero-order chi connectivity index (χ0) is 21.8.